The summed E-state index contributed by atoms with van der Waals surface area (Å²) in [5, 5.41) is 3.60. The second kappa shape index (κ2) is 8.96. The van der Waals surface area contributed by atoms with E-state index >= 15 is 0 Å². The fourth-order valence-electron chi connectivity index (χ4n) is 2.22. The smallest absolute Gasteiger partial charge is 0.000473 e. The minimum absolute atomic E-state index is 1.00. The summed E-state index contributed by atoms with van der Waals surface area (Å²) >= 11 is 2.47. The predicted octanol–water partition coefficient (Wildman–Crippen LogP) is 3.76. The molecule has 0 heterocycles. The van der Waals surface area contributed by atoms with Crippen LogP contribution in [0.5, 0.6) is 0 Å². The maximum atomic E-state index is 3.60. The molecule has 1 rings (SSSR count). The first-order valence-electron chi connectivity index (χ1n) is 6.20. The summed E-state index contributed by atoms with van der Waals surface area (Å²) in [6.45, 7) is 2.53. The van der Waals surface area contributed by atoms with Crippen molar-refractivity contribution in [2.75, 3.05) is 17.5 Å². The van der Waals surface area contributed by atoms with Gasteiger partial charge < -0.3 is 5.32 Å². The van der Waals surface area contributed by atoms with Gasteiger partial charge in [0, 0.05) is 0 Å². The number of unbranched alkanes of at least 4 members (excludes halogenated alkanes) is 3. The van der Waals surface area contributed by atoms with Crippen LogP contribution < -0.4 is 5.32 Å². The molecule has 1 aliphatic rings. The zero-order chi connectivity index (χ0) is 10.1. The summed E-state index contributed by atoms with van der Waals surface area (Å²) in [5.41, 5.74) is 0. The molecule has 84 valence electrons. The Bertz CT molecular complexity index is 121. The third kappa shape index (κ3) is 6.23. The van der Waals surface area contributed by atoms with E-state index in [4.69, 9.17) is 0 Å². The molecule has 1 nitrogen and oxygen atoms in total. The van der Waals surface area contributed by atoms with Crippen LogP contribution in [0.25, 0.3) is 0 Å². The third-order valence-corrected chi connectivity index (χ3v) is 3.91. The molecule has 0 radical (unpaired) electrons. The van der Waals surface area contributed by atoms with Crippen LogP contribution in [0.2, 0.25) is 0 Å². The average Bonchev–Trinajstić information content (AvgIpc) is 2.69. The monoisotopic (exact) mass is 309 g/mol. The minimum atomic E-state index is 1.00. The largest absolute Gasteiger partial charge is 0.316 e. The predicted molar refractivity (Wildman–Crippen MR) is 72.2 cm³/mol. The molecule has 0 atom stereocenters. The first-order chi connectivity index (χ1) is 6.93. The van der Waals surface area contributed by atoms with Crippen LogP contribution in [0, 0.1) is 5.92 Å². The number of halogens is 1. The second-order valence-electron chi connectivity index (χ2n) is 4.46. The lowest BCUT2D eigenvalue weighted by molar-refractivity contribution is 0.480. The van der Waals surface area contributed by atoms with Gasteiger partial charge in [-0.15, -0.1) is 0 Å². The SMILES string of the molecule is ICCCCCCNCC1CCCC1. The molecule has 0 aliphatic heterocycles. The van der Waals surface area contributed by atoms with E-state index in [0.717, 1.165) is 5.92 Å². The second-order valence-corrected chi connectivity index (χ2v) is 5.54. The molecule has 0 aromatic heterocycles. The summed E-state index contributed by atoms with van der Waals surface area (Å²) in [7, 11) is 0. The highest BCUT2D eigenvalue weighted by Gasteiger charge is 2.13. The van der Waals surface area contributed by atoms with Crippen LogP contribution in [0.3, 0.4) is 0 Å². The van der Waals surface area contributed by atoms with Crippen molar-refractivity contribution in [3.63, 3.8) is 0 Å². The number of alkyl halides is 1. The Morgan fingerprint density at radius 3 is 2.43 bits per heavy atom. The van der Waals surface area contributed by atoms with Crippen LogP contribution in [-0.2, 0) is 0 Å². The lowest BCUT2D eigenvalue weighted by atomic mass is 10.1. The molecule has 0 amide bonds. The van der Waals surface area contributed by atoms with Gasteiger partial charge in [-0.1, -0.05) is 48.3 Å². The third-order valence-electron chi connectivity index (χ3n) is 3.14. The van der Waals surface area contributed by atoms with Crippen LogP contribution in [0.15, 0.2) is 0 Å². The normalized spacial score (nSPS) is 17.8. The zero-order valence-corrected chi connectivity index (χ0v) is 11.4. The van der Waals surface area contributed by atoms with E-state index in [2.05, 4.69) is 27.9 Å². The van der Waals surface area contributed by atoms with Gasteiger partial charge in [0.05, 0.1) is 0 Å². The molecule has 1 saturated carbocycles. The van der Waals surface area contributed by atoms with Gasteiger partial charge in [-0.05, 0) is 49.1 Å². The highest BCUT2D eigenvalue weighted by atomic mass is 127. The minimum Gasteiger partial charge on any atom is -0.316 e. The van der Waals surface area contributed by atoms with Crippen molar-refractivity contribution in [2.45, 2.75) is 51.4 Å². The molecule has 0 aromatic rings. The molecule has 1 N–H and O–H groups in total. The Morgan fingerprint density at radius 2 is 1.71 bits per heavy atom. The Kier molecular flexibility index (Phi) is 8.16. The number of nitrogens with one attached hydrogen (secondary N) is 1. The van der Waals surface area contributed by atoms with Crippen molar-refractivity contribution >= 4 is 22.6 Å². The molecule has 0 spiro atoms. The molecule has 0 saturated heterocycles. The molecule has 14 heavy (non-hydrogen) atoms. The van der Waals surface area contributed by atoms with Gasteiger partial charge >= 0.3 is 0 Å². The maximum absolute atomic E-state index is 3.60. The number of hydrogen-bond donors (Lipinski definition) is 1. The Balaban J connectivity index is 1.75. The van der Waals surface area contributed by atoms with Gasteiger partial charge in [-0.25, -0.2) is 0 Å². The maximum Gasteiger partial charge on any atom is -0.000473 e. The fourth-order valence-corrected chi connectivity index (χ4v) is 2.76. The van der Waals surface area contributed by atoms with Crippen molar-refractivity contribution in [1.82, 2.24) is 5.32 Å². The van der Waals surface area contributed by atoms with E-state index in [-0.39, 0.29) is 0 Å². The lowest BCUT2D eigenvalue weighted by Gasteiger charge is -2.09. The first kappa shape index (κ1) is 12.8. The Hall–Kier alpha value is 0.690. The molecule has 0 bridgehead atoms. The van der Waals surface area contributed by atoms with Crippen molar-refractivity contribution in [3.05, 3.63) is 0 Å². The van der Waals surface area contributed by atoms with Crippen molar-refractivity contribution < 1.29 is 0 Å². The van der Waals surface area contributed by atoms with Crippen LogP contribution >= 0.6 is 22.6 Å². The summed E-state index contributed by atoms with van der Waals surface area (Å²) in [5.74, 6) is 1.00. The Morgan fingerprint density at radius 1 is 1.00 bits per heavy atom. The van der Waals surface area contributed by atoms with Gasteiger partial charge in [0.2, 0.25) is 0 Å². The first-order valence-corrected chi connectivity index (χ1v) is 7.72. The molecule has 0 aromatic carbocycles. The van der Waals surface area contributed by atoms with Gasteiger partial charge in [0.25, 0.3) is 0 Å². The Labute approximate surface area is 103 Å². The van der Waals surface area contributed by atoms with Crippen LogP contribution in [-0.4, -0.2) is 17.5 Å². The summed E-state index contributed by atoms with van der Waals surface area (Å²) in [4.78, 5) is 0. The van der Waals surface area contributed by atoms with Gasteiger partial charge in [0.1, 0.15) is 0 Å². The number of hydrogen-bond acceptors (Lipinski definition) is 1. The van der Waals surface area contributed by atoms with Crippen LogP contribution in [0.4, 0.5) is 0 Å². The molecule has 2 heteroatoms. The topological polar surface area (TPSA) is 12.0 Å². The van der Waals surface area contributed by atoms with E-state index in [0.29, 0.717) is 0 Å². The average molecular weight is 309 g/mol. The van der Waals surface area contributed by atoms with Crippen molar-refractivity contribution in [1.29, 1.82) is 0 Å². The molecular weight excluding hydrogens is 285 g/mol. The highest BCUT2D eigenvalue weighted by Crippen LogP contribution is 2.23. The van der Waals surface area contributed by atoms with E-state index < -0.39 is 0 Å². The van der Waals surface area contributed by atoms with Gasteiger partial charge in [-0.2, -0.15) is 0 Å². The summed E-state index contributed by atoms with van der Waals surface area (Å²) in [6.07, 6.45) is 11.5. The molecule has 1 fully saturated rings. The summed E-state index contributed by atoms with van der Waals surface area (Å²) < 4.78 is 1.33. The van der Waals surface area contributed by atoms with Gasteiger partial charge in [0.15, 0.2) is 0 Å². The fraction of sp³-hybridized carbons (Fsp3) is 1.00. The standard InChI is InChI=1S/C12H24IN/c13-9-5-1-2-6-10-14-11-12-7-3-4-8-12/h12,14H,1-11H2. The highest BCUT2D eigenvalue weighted by molar-refractivity contribution is 14.1. The van der Waals surface area contributed by atoms with E-state index in [9.17, 15) is 0 Å². The zero-order valence-electron chi connectivity index (χ0n) is 9.23. The molecule has 1 aliphatic carbocycles. The quantitative estimate of drug-likeness (QED) is 0.409. The number of rotatable bonds is 8. The molecular formula is C12H24IN. The van der Waals surface area contributed by atoms with E-state index in [1.807, 2.05) is 0 Å². The van der Waals surface area contributed by atoms with Crippen molar-refractivity contribution in [2.24, 2.45) is 5.92 Å². The van der Waals surface area contributed by atoms with Crippen molar-refractivity contribution in [3.8, 4) is 0 Å². The van der Waals surface area contributed by atoms with Crippen LogP contribution in [0.1, 0.15) is 51.4 Å². The summed E-state index contributed by atoms with van der Waals surface area (Å²) in [6, 6.07) is 0. The van der Waals surface area contributed by atoms with E-state index in [1.165, 1.54) is 68.9 Å². The lowest BCUT2D eigenvalue weighted by Crippen LogP contribution is -2.22. The van der Waals surface area contributed by atoms with Gasteiger partial charge in [-0.3, -0.25) is 0 Å². The molecule has 0 unspecified atom stereocenters. The van der Waals surface area contributed by atoms with E-state index in [1.54, 1.807) is 0 Å².